The van der Waals surface area contributed by atoms with Crippen LogP contribution in [0.25, 0.3) is 16.8 Å². The SMILES string of the molecule is C[C@H]1CNC(=O)c2cnn3cc(-c4ccc(NC(=O)OCC5CC5)cc4Cl)c(nc23)NCc2cc(F)cnc2O1. The van der Waals surface area contributed by atoms with Crippen molar-refractivity contribution in [3.05, 3.63) is 64.8 Å². The second-order valence-corrected chi connectivity index (χ2v) is 10.2. The van der Waals surface area contributed by atoms with Crippen molar-refractivity contribution in [1.29, 1.82) is 0 Å². The molecule has 1 aromatic carbocycles. The second kappa shape index (κ2) is 10.6. The fourth-order valence-corrected chi connectivity index (χ4v) is 4.57. The van der Waals surface area contributed by atoms with E-state index in [0.717, 1.165) is 19.0 Å². The van der Waals surface area contributed by atoms with Crippen LogP contribution in [-0.4, -0.2) is 50.8 Å². The molecule has 6 rings (SSSR count). The summed E-state index contributed by atoms with van der Waals surface area (Å²) in [7, 11) is 0. The van der Waals surface area contributed by atoms with Crippen LogP contribution >= 0.6 is 11.6 Å². The zero-order chi connectivity index (χ0) is 27.8. The number of rotatable bonds is 4. The molecule has 0 spiro atoms. The minimum absolute atomic E-state index is 0.123. The predicted octanol–water partition coefficient (Wildman–Crippen LogP) is 4.67. The largest absolute Gasteiger partial charge is 0.473 e. The lowest BCUT2D eigenvalue weighted by Gasteiger charge is -2.17. The van der Waals surface area contributed by atoms with Gasteiger partial charge in [0.1, 0.15) is 23.3 Å². The smallest absolute Gasteiger partial charge is 0.411 e. The van der Waals surface area contributed by atoms with Gasteiger partial charge in [0.25, 0.3) is 5.91 Å². The maximum Gasteiger partial charge on any atom is 0.411 e. The van der Waals surface area contributed by atoms with E-state index in [0.29, 0.717) is 51.4 Å². The van der Waals surface area contributed by atoms with E-state index in [2.05, 4.69) is 26.0 Å². The second-order valence-electron chi connectivity index (χ2n) is 9.80. The van der Waals surface area contributed by atoms with Crippen LogP contribution in [0, 0.1) is 11.7 Å². The first kappa shape index (κ1) is 25.8. The molecule has 2 bridgehead atoms. The molecular weight excluding hydrogens is 541 g/mol. The van der Waals surface area contributed by atoms with Crippen LogP contribution < -0.4 is 20.7 Å². The summed E-state index contributed by atoms with van der Waals surface area (Å²) in [5, 5.41) is 13.4. The van der Waals surface area contributed by atoms with Gasteiger partial charge in [-0.3, -0.25) is 10.1 Å². The summed E-state index contributed by atoms with van der Waals surface area (Å²) in [6, 6.07) is 6.37. The van der Waals surface area contributed by atoms with E-state index in [-0.39, 0.29) is 30.4 Å². The molecule has 3 aromatic heterocycles. The number of carbonyl (C=O) groups excluding carboxylic acids is 2. The maximum absolute atomic E-state index is 14.1. The third-order valence-electron chi connectivity index (χ3n) is 6.59. The minimum atomic E-state index is -0.545. The minimum Gasteiger partial charge on any atom is -0.473 e. The van der Waals surface area contributed by atoms with Gasteiger partial charge in [-0.2, -0.15) is 5.10 Å². The van der Waals surface area contributed by atoms with Gasteiger partial charge < -0.3 is 20.1 Å². The first-order chi connectivity index (χ1) is 19.3. The Morgan fingerprint density at radius 1 is 1.23 bits per heavy atom. The molecule has 206 valence electrons. The first-order valence-corrected chi connectivity index (χ1v) is 13.2. The van der Waals surface area contributed by atoms with E-state index in [9.17, 15) is 14.0 Å². The molecular formula is C27H25ClFN7O4. The number of nitrogens with one attached hydrogen (secondary N) is 3. The van der Waals surface area contributed by atoms with Crippen LogP contribution in [0.2, 0.25) is 5.02 Å². The summed E-state index contributed by atoms with van der Waals surface area (Å²) in [5.41, 5.74) is 2.68. The number of benzene rings is 1. The Kier molecular flexibility index (Phi) is 6.84. The normalized spacial score (nSPS) is 17.0. The number of ether oxygens (including phenoxy) is 2. The van der Waals surface area contributed by atoms with Crippen molar-refractivity contribution in [3.63, 3.8) is 0 Å². The zero-order valence-corrected chi connectivity index (χ0v) is 22.2. The van der Waals surface area contributed by atoms with Gasteiger partial charge in [0.15, 0.2) is 5.65 Å². The Bertz CT molecular complexity index is 1620. The highest BCUT2D eigenvalue weighted by atomic mass is 35.5. The standard InChI is InChI=1S/C27H25ClFN7O4/c1-14-8-31-25(37)20-11-33-36-12-21(19-5-4-18(7-22(19)28)34-27(38)39-13-15-2-3-15)23(35-24(20)36)30-9-16-6-17(29)10-32-26(16)40-14/h4-7,10-12,14-15H,2-3,8-9,13H2,1H3,(H,30,35)(H,31,37)(H,34,38)/t14-/m0/s1. The number of carbonyl (C=O) groups is 2. The van der Waals surface area contributed by atoms with Crippen LogP contribution in [0.5, 0.6) is 5.88 Å². The topological polar surface area (TPSA) is 132 Å². The Morgan fingerprint density at radius 3 is 2.88 bits per heavy atom. The van der Waals surface area contributed by atoms with E-state index < -0.39 is 18.0 Å². The third-order valence-corrected chi connectivity index (χ3v) is 6.90. The van der Waals surface area contributed by atoms with Crippen molar-refractivity contribution in [3.8, 4) is 17.0 Å². The summed E-state index contributed by atoms with van der Waals surface area (Å²) in [5.74, 6) is 0.174. The van der Waals surface area contributed by atoms with E-state index in [4.69, 9.17) is 26.1 Å². The summed E-state index contributed by atoms with van der Waals surface area (Å²) < 4.78 is 26.7. The number of nitrogens with zero attached hydrogens (tertiary/aromatic N) is 4. The van der Waals surface area contributed by atoms with Crippen molar-refractivity contribution in [2.75, 3.05) is 23.8 Å². The Balaban J connectivity index is 1.37. The average Bonchev–Trinajstić information content (AvgIpc) is 3.67. The molecule has 1 fully saturated rings. The van der Waals surface area contributed by atoms with Crippen LogP contribution in [0.3, 0.4) is 0 Å². The molecule has 2 amide bonds. The lowest BCUT2D eigenvalue weighted by atomic mass is 10.1. The first-order valence-electron chi connectivity index (χ1n) is 12.8. The Hall–Kier alpha value is -4.45. The van der Waals surface area contributed by atoms with Gasteiger partial charge in [0.2, 0.25) is 5.88 Å². The maximum atomic E-state index is 14.1. The van der Waals surface area contributed by atoms with Gasteiger partial charge in [0.05, 0.1) is 30.6 Å². The number of halogens is 2. The summed E-state index contributed by atoms with van der Waals surface area (Å²) in [4.78, 5) is 33.9. The van der Waals surface area contributed by atoms with Gasteiger partial charge in [-0.1, -0.05) is 17.7 Å². The fraction of sp³-hybridized carbons (Fsp3) is 0.296. The third kappa shape index (κ3) is 5.48. The number of anilines is 2. The number of aromatic nitrogens is 4. The molecule has 1 aliphatic carbocycles. The van der Waals surface area contributed by atoms with Gasteiger partial charge in [0, 0.05) is 35.1 Å². The highest BCUT2D eigenvalue weighted by Gasteiger charge is 2.24. The number of fused-ring (bicyclic) bond motifs is 2. The highest BCUT2D eigenvalue weighted by molar-refractivity contribution is 6.33. The fourth-order valence-electron chi connectivity index (χ4n) is 4.29. The van der Waals surface area contributed by atoms with Gasteiger partial charge in [-0.05, 0) is 43.9 Å². The van der Waals surface area contributed by atoms with E-state index >= 15 is 0 Å². The van der Waals surface area contributed by atoms with Crippen molar-refractivity contribution in [1.82, 2.24) is 24.9 Å². The quantitative estimate of drug-likeness (QED) is 0.325. The molecule has 1 atom stereocenters. The molecule has 0 unspecified atom stereocenters. The molecule has 4 heterocycles. The van der Waals surface area contributed by atoms with Crippen molar-refractivity contribution < 1.29 is 23.5 Å². The molecule has 1 saturated carbocycles. The number of pyridine rings is 1. The molecule has 4 aromatic rings. The van der Waals surface area contributed by atoms with Gasteiger partial charge >= 0.3 is 6.09 Å². The van der Waals surface area contributed by atoms with Crippen LogP contribution in [0.4, 0.5) is 20.7 Å². The van der Waals surface area contributed by atoms with E-state index in [1.807, 2.05) is 0 Å². The number of hydrogen-bond acceptors (Lipinski definition) is 8. The van der Waals surface area contributed by atoms with Crippen molar-refractivity contribution in [2.45, 2.75) is 32.4 Å². The Morgan fingerprint density at radius 2 is 2.08 bits per heavy atom. The monoisotopic (exact) mass is 565 g/mol. The van der Waals surface area contributed by atoms with E-state index in [1.165, 1.54) is 16.8 Å². The predicted molar refractivity (Wildman–Crippen MR) is 145 cm³/mol. The van der Waals surface area contributed by atoms with Gasteiger partial charge in [-0.25, -0.2) is 23.7 Å². The van der Waals surface area contributed by atoms with Crippen LogP contribution in [0.1, 0.15) is 35.7 Å². The Labute approximate surface area is 233 Å². The summed E-state index contributed by atoms with van der Waals surface area (Å²) in [6.07, 6.45) is 5.38. The molecule has 40 heavy (non-hydrogen) atoms. The molecule has 1 aliphatic heterocycles. The molecule has 13 heteroatoms. The molecule has 3 N–H and O–H groups in total. The van der Waals surface area contributed by atoms with Gasteiger partial charge in [-0.15, -0.1) is 0 Å². The van der Waals surface area contributed by atoms with E-state index in [1.54, 1.807) is 31.3 Å². The zero-order valence-electron chi connectivity index (χ0n) is 21.4. The molecule has 2 aliphatic rings. The lowest BCUT2D eigenvalue weighted by Crippen LogP contribution is -2.33. The van der Waals surface area contributed by atoms with Crippen molar-refractivity contribution in [2.24, 2.45) is 5.92 Å². The number of hydrogen-bond donors (Lipinski definition) is 3. The lowest BCUT2D eigenvalue weighted by molar-refractivity contribution is 0.0932. The highest BCUT2D eigenvalue weighted by Crippen LogP contribution is 2.36. The summed E-state index contributed by atoms with van der Waals surface area (Å²) in [6.45, 7) is 2.49. The summed E-state index contributed by atoms with van der Waals surface area (Å²) >= 11 is 6.68. The van der Waals surface area contributed by atoms with Crippen molar-refractivity contribution >= 4 is 40.8 Å². The molecule has 0 radical (unpaired) electrons. The average molecular weight is 566 g/mol. The van der Waals surface area contributed by atoms with Crippen LogP contribution in [-0.2, 0) is 11.3 Å². The van der Waals surface area contributed by atoms with Crippen LogP contribution in [0.15, 0.2) is 42.9 Å². The number of amides is 2. The molecule has 11 nitrogen and oxygen atoms in total. The molecule has 0 saturated heterocycles.